The summed E-state index contributed by atoms with van der Waals surface area (Å²) in [6, 6.07) is 9.75. The highest BCUT2D eigenvalue weighted by molar-refractivity contribution is 7.23. The standard InChI is InChI=1S/C22H20FN5O2S2/c23-14-7-2-3-8-15(14)24-17(29)13-28-21(30)19-20(18(26-28)16-9-6-12-31-16)32-22(25-19)27-10-4-1-5-11-27/h2-3,6-9,12H,1,4-5,10-11,13H2,(H,24,29). The molecule has 1 amide bonds. The first-order chi connectivity index (χ1) is 15.6. The van der Waals surface area contributed by atoms with E-state index in [9.17, 15) is 14.0 Å². The Morgan fingerprint density at radius 2 is 1.94 bits per heavy atom. The summed E-state index contributed by atoms with van der Waals surface area (Å²) >= 11 is 2.98. The van der Waals surface area contributed by atoms with E-state index in [1.807, 2.05) is 17.5 Å². The second kappa shape index (κ2) is 8.79. The van der Waals surface area contributed by atoms with Crippen molar-refractivity contribution in [3.8, 4) is 10.6 Å². The Morgan fingerprint density at radius 1 is 1.12 bits per heavy atom. The number of piperidine rings is 1. The van der Waals surface area contributed by atoms with Crippen LogP contribution >= 0.6 is 22.7 Å². The molecule has 1 aliphatic heterocycles. The number of aromatic nitrogens is 3. The highest BCUT2D eigenvalue weighted by Crippen LogP contribution is 2.36. The van der Waals surface area contributed by atoms with Crippen LogP contribution in [0.2, 0.25) is 0 Å². The van der Waals surface area contributed by atoms with E-state index in [1.165, 1.54) is 41.2 Å². The second-order valence-corrected chi connectivity index (χ2v) is 9.46. The van der Waals surface area contributed by atoms with Gasteiger partial charge in [0.15, 0.2) is 10.6 Å². The lowest BCUT2D eigenvalue weighted by atomic mass is 10.1. The highest BCUT2D eigenvalue weighted by atomic mass is 32.1. The van der Waals surface area contributed by atoms with Crippen LogP contribution in [-0.4, -0.2) is 33.8 Å². The van der Waals surface area contributed by atoms with E-state index in [2.05, 4.69) is 20.3 Å². The van der Waals surface area contributed by atoms with Gasteiger partial charge in [0.25, 0.3) is 5.56 Å². The molecule has 1 aromatic carbocycles. The lowest BCUT2D eigenvalue weighted by Gasteiger charge is -2.25. The number of hydrogen-bond acceptors (Lipinski definition) is 7. The van der Waals surface area contributed by atoms with Crippen molar-refractivity contribution < 1.29 is 9.18 Å². The predicted octanol–water partition coefficient (Wildman–Crippen LogP) is 4.35. The first kappa shape index (κ1) is 20.8. The van der Waals surface area contributed by atoms with Crippen LogP contribution in [0.25, 0.3) is 20.8 Å². The van der Waals surface area contributed by atoms with Crippen molar-refractivity contribution in [3.05, 3.63) is 57.9 Å². The monoisotopic (exact) mass is 469 g/mol. The van der Waals surface area contributed by atoms with Crippen molar-refractivity contribution in [2.75, 3.05) is 23.3 Å². The average molecular weight is 470 g/mol. The van der Waals surface area contributed by atoms with Crippen LogP contribution in [0.15, 0.2) is 46.6 Å². The number of thiazole rings is 1. The van der Waals surface area contributed by atoms with Crippen LogP contribution in [0, 0.1) is 5.82 Å². The minimum atomic E-state index is -0.540. The molecule has 32 heavy (non-hydrogen) atoms. The Hall–Kier alpha value is -3.11. The SMILES string of the molecule is O=C(Cn1nc(-c2cccs2)c2sc(N3CCCCC3)nc2c1=O)Nc1ccccc1F. The van der Waals surface area contributed by atoms with Gasteiger partial charge in [-0.15, -0.1) is 11.3 Å². The number of anilines is 2. The van der Waals surface area contributed by atoms with Crippen LogP contribution in [0.4, 0.5) is 15.2 Å². The summed E-state index contributed by atoms with van der Waals surface area (Å²) in [6.07, 6.45) is 3.41. The molecule has 0 saturated carbocycles. The van der Waals surface area contributed by atoms with E-state index in [0.29, 0.717) is 11.2 Å². The van der Waals surface area contributed by atoms with Gasteiger partial charge in [0.2, 0.25) is 5.91 Å². The molecule has 0 radical (unpaired) electrons. The van der Waals surface area contributed by atoms with Crippen molar-refractivity contribution in [3.63, 3.8) is 0 Å². The molecular formula is C22H20FN5O2S2. The number of nitrogens with zero attached hydrogens (tertiary/aromatic N) is 4. The third kappa shape index (κ3) is 4.03. The molecule has 1 aliphatic rings. The van der Waals surface area contributed by atoms with Crippen LogP contribution < -0.4 is 15.8 Å². The predicted molar refractivity (Wildman–Crippen MR) is 126 cm³/mol. The lowest BCUT2D eigenvalue weighted by molar-refractivity contribution is -0.117. The van der Waals surface area contributed by atoms with E-state index in [0.717, 1.165) is 45.3 Å². The van der Waals surface area contributed by atoms with Crippen molar-refractivity contribution in [1.82, 2.24) is 14.8 Å². The van der Waals surface area contributed by atoms with Gasteiger partial charge in [0.05, 0.1) is 15.3 Å². The van der Waals surface area contributed by atoms with Crippen LogP contribution in [0.5, 0.6) is 0 Å². The zero-order chi connectivity index (χ0) is 22.1. The van der Waals surface area contributed by atoms with Crippen LogP contribution in [0.1, 0.15) is 19.3 Å². The number of nitrogens with one attached hydrogen (secondary N) is 1. The molecule has 3 aromatic heterocycles. The van der Waals surface area contributed by atoms with Gasteiger partial charge in [-0.05, 0) is 42.8 Å². The van der Waals surface area contributed by atoms with Gasteiger partial charge >= 0.3 is 0 Å². The van der Waals surface area contributed by atoms with Crippen molar-refractivity contribution in [1.29, 1.82) is 0 Å². The van der Waals surface area contributed by atoms with Crippen LogP contribution in [-0.2, 0) is 11.3 Å². The summed E-state index contributed by atoms with van der Waals surface area (Å²) in [4.78, 5) is 33.5. The number of thiophene rings is 1. The molecule has 4 aromatic rings. The number of carbonyl (C=O) groups is 1. The molecule has 0 spiro atoms. The number of fused-ring (bicyclic) bond motifs is 1. The molecule has 0 aliphatic carbocycles. The molecule has 0 bridgehead atoms. The fraction of sp³-hybridized carbons (Fsp3) is 0.273. The van der Waals surface area contributed by atoms with Crippen molar-refractivity contribution >= 4 is 49.6 Å². The minimum absolute atomic E-state index is 0.0613. The van der Waals surface area contributed by atoms with Gasteiger partial charge in [-0.25, -0.2) is 14.1 Å². The quantitative estimate of drug-likeness (QED) is 0.470. The Balaban J connectivity index is 1.54. The van der Waals surface area contributed by atoms with Gasteiger partial charge in [0.1, 0.15) is 18.1 Å². The number of halogens is 1. The molecule has 1 N–H and O–H groups in total. The average Bonchev–Trinajstić information content (AvgIpc) is 3.49. The molecule has 164 valence electrons. The molecule has 7 nitrogen and oxygen atoms in total. The van der Waals surface area contributed by atoms with Crippen LogP contribution in [0.3, 0.4) is 0 Å². The normalized spacial score (nSPS) is 14.1. The maximum atomic E-state index is 13.9. The Bertz CT molecular complexity index is 1330. The third-order valence-corrected chi connectivity index (χ3v) is 7.31. The number of rotatable bonds is 5. The van der Waals surface area contributed by atoms with Crippen molar-refractivity contribution in [2.24, 2.45) is 0 Å². The first-order valence-electron chi connectivity index (χ1n) is 10.3. The van der Waals surface area contributed by atoms with E-state index >= 15 is 0 Å². The van der Waals surface area contributed by atoms with Gasteiger partial charge in [-0.2, -0.15) is 5.10 Å². The van der Waals surface area contributed by atoms with Gasteiger partial charge in [0, 0.05) is 13.1 Å². The summed E-state index contributed by atoms with van der Waals surface area (Å²) in [5.41, 5.74) is 0.580. The molecule has 0 atom stereocenters. The number of benzene rings is 1. The van der Waals surface area contributed by atoms with E-state index in [1.54, 1.807) is 12.1 Å². The number of amides is 1. The molecule has 10 heteroatoms. The molecule has 1 saturated heterocycles. The summed E-state index contributed by atoms with van der Waals surface area (Å²) in [6.45, 7) is 1.50. The Morgan fingerprint density at radius 3 is 2.69 bits per heavy atom. The third-order valence-electron chi connectivity index (χ3n) is 5.31. The van der Waals surface area contributed by atoms with E-state index in [-0.39, 0.29) is 12.2 Å². The molecule has 0 unspecified atom stereocenters. The molecule has 1 fully saturated rings. The number of para-hydroxylation sites is 1. The largest absolute Gasteiger partial charge is 0.348 e. The topological polar surface area (TPSA) is 80.1 Å². The molecule has 4 heterocycles. The maximum absolute atomic E-state index is 13.9. The number of hydrogen-bond donors (Lipinski definition) is 1. The molecular weight excluding hydrogens is 449 g/mol. The summed E-state index contributed by atoms with van der Waals surface area (Å²) < 4.78 is 15.7. The lowest BCUT2D eigenvalue weighted by Crippen LogP contribution is -2.31. The second-order valence-electron chi connectivity index (χ2n) is 7.54. The fourth-order valence-corrected chi connectivity index (χ4v) is 5.63. The summed E-state index contributed by atoms with van der Waals surface area (Å²) in [7, 11) is 0. The number of carbonyl (C=O) groups excluding carboxylic acids is 1. The minimum Gasteiger partial charge on any atom is -0.348 e. The van der Waals surface area contributed by atoms with E-state index in [4.69, 9.17) is 0 Å². The maximum Gasteiger partial charge on any atom is 0.294 e. The van der Waals surface area contributed by atoms with E-state index < -0.39 is 17.3 Å². The van der Waals surface area contributed by atoms with Gasteiger partial charge in [-0.1, -0.05) is 29.5 Å². The highest BCUT2D eigenvalue weighted by Gasteiger charge is 2.22. The first-order valence-corrected chi connectivity index (χ1v) is 12.0. The van der Waals surface area contributed by atoms with Gasteiger partial charge in [-0.3, -0.25) is 9.59 Å². The smallest absolute Gasteiger partial charge is 0.294 e. The van der Waals surface area contributed by atoms with Crippen molar-refractivity contribution in [2.45, 2.75) is 25.8 Å². The Kier molecular flexibility index (Phi) is 5.71. The zero-order valence-corrected chi connectivity index (χ0v) is 18.7. The summed E-state index contributed by atoms with van der Waals surface area (Å²) in [5, 5.41) is 9.78. The zero-order valence-electron chi connectivity index (χ0n) is 17.1. The summed E-state index contributed by atoms with van der Waals surface area (Å²) in [5.74, 6) is -1.07. The Labute approximate surface area is 191 Å². The van der Waals surface area contributed by atoms with Gasteiger partial charge < -0.3 is 10.2 Å². The molecule has 5 rings (SSSR count). The fourth-order valence-electron chi connectivity index (χ4n) is 3.74.